The SMILES string of the molecule is CC(C)(C)CNC(=O)c1ccc(C(=O)NCC2(O)CCCCC2)cc1. The van der Waals surface area contributed by atoms with Gasteiger partial charge in [0.25, 0.3) is 11.8 Å². The Bertz CT molecular complexity index is 596. The van der Waals surface area contributed by atoms with Gasteiger partial charge in [-0.05, 0) is 42.5 Å². The van der Waals surface area contributed by atoms with Crippen molar-refractivity contribution in [2.45, 2.75) is 58.5 Å². The molecule has 0 bridgehead atoms. The molecular formula is C20H30N2O3. The number of aliphatic hydroxyl groups is 1. The monoisotopic (exact) mass is 346 g/mol. The van der Waals surface area contributed by atoms with Crippen LogP contribution in [0.3, 0.4) is 0 Å². The molecule has 138 valence electrons. The molecular weight excluding hydrogens is 316 g/mol. The quantitative estimate of drug-likeness (QED) is 0.767. The van der Waals surface area contributed by atoms with E-state index in [1.54, 1.807) is 24.3 Å². The molecule has 0 aromatic heterocycles. The number of benzene rings is 1. The fourth-order valence-electron chi connectivity index (χ4n) is 2.95. The van der Waals surface area contributed by atoms with Crippen LogP contribution in [0.4, 0.5) is 0 Å². The molecule has 1 aliphatic carbocycles. The minimum absolute atomic E-state index is 0.0227. The maximum absolute atomic E-state index is 12.2. The summed E-state index contributed by atoms with van der Waals surface area (Å²) in [6.45, 7) is 7.04. The lowest BCUT2D eigenvalue weighted by atomic mass is 9.85. The highest BCUT2D eigenvalue weighted by molar-refractivity contribution is 5.97. The van der Waals surface area contributed by atoms with E-state index >= 15 is 0 Å². The highest BCUT2D eigenvalue weighted by Gasteiger charge is 2.29. The van der Waals surface area contributed by atoms with Crippen molar-refractivity contribution in [3.63, 3.8) is 0 Å². The minimum Gasteiger partial charge on any atom is -0.388 e. The first-order valence-electron chi connectivity index (χ1n) is 9.07. The minimum atomic E-state index is -0.777. The molecule has 0 aliphatic heterocycles. The van der Waals surface area contributed by atoms with Gasteiger partial charge in [0, 0.05) is 24.2 Å². The predicted molar refractivity (Wildman–Crippen MR) is 98.6 cm³/mol. The van der Waals surface area contributed by atoms with E-state index in [1.165, 1.54) is 0 Å². The van der Waals surface area contributed by atoms with Crippen molar-refractivity contribution in [1.82, 2.24) is 10.6 Å². The Balaban J connectivity index is 1.88. The van der Waals surface area contributed by atoms with Crippen molar-refractivity contribution >= 4 is 11.8 Å². The molecule has 0 heterocycles. The molecule has 0 spiro atoms. The van der Waals surface area contributed by atoms with Gasteiger partial charge < -0.3 is 15.7 Å². The molecule has 0 radical (unpaired) electrons. The van der Waals surface area contributed by atoms with Crippen LogP contribution in [-0.4, -0.2) is 35.6 Å². The van der Waals surface area contributed by atoms with Crippen LogP contribution in [0.25, 0.3) is 0 Å². The lowest BCUT2D eigenvalue weighted by molar-refractivity contribution is 0.00525. The van der Waals surface area contributed by atoms with Gasteiger partial charge in [-0.3, -0.25) is 9.59 Å². The van der Waals surface area contributed by atoms with Gasteiger partial charge >= 0.3 is 0 Å². The Morgan fingerprint density at radius 2 is 1.44 bits per heavy atom. The molecule has 0 saturated heterocycles. The molecule has 5 nitrogen and oxygen atoms in total. The first-order valence-corrected chi connectivity index (χ1v) is 9.07. The maximum Gasteiger partial charge on any atom is 0.251 e. The van der Waals surface area contributed by atoms with E-state index in [0.717, 1.165) is 32.1 Å². The summed E-state index contributed by atoms with van der Waals surface area (Å²) in [4.78, 5) is 24.3. The second-order valence-electron chi connectivity index (χ2n) is 8.29. The molecule has 1 fully saturated rings. The van der Waals surface area contributed by atoms with Gasteiger partial charge in [0.2, 0.25) is 0 Å². The number of rotatable bonds is 5. The van der Waals surface area contributed by atoms with Crippen LogP contribution in [0.15, 0.2) is 24.3 Å². The molecule has 5 heteroatoms. The maximum atomic E-state index is 12.2. The first kappa shape index (κ1) is 19.4. The zero-order valence-corrected chi connectivity index (χ0v) is 15.5. The molecule has 2 rings (SSSR count). The fraction of sp³-hybridized carbons (Fsp3) is 0.600. The van der Waals surface area contributed by atoms with Gasteiger partial charge in [0.05, 0.1) is 5.60 Å². The van der Waals surface area contributed by atoms with E-state index in [2.05, 4.69) is 31.4 Å². The van der Waals surface area contributed by atoms with Crippen LogP contribution < -0.4 is 10.6 Å². The van der Waals surface area contributed by atoms with Gasteiger partial charge in [0.1, 0.15) is 0 Å². The number of hydrogen-bond acceptors (Lipinski definition) is 3. The largest absolute Gasteiger partial charge is 0.388 e. The summed E-state index contributed by atoms with van der Waals surface area (Å²) in [7, 11) is 0. The van der Waals surface area contributed by atoms with E-state index in [4.69, 9.17) is 0 Å². The van der Waals surface area contributed by atoms with Crippen LogP contribution in [-0.2, 0) is 0 Å². The van der Waals surface area contributed by atoms with Crippen molar-refractivity contribution in [2.75, 3.05) is 13.1 Å². The lowest BCUT2D eigenvalue weighted by Crippen LogP contribution is -2.44. The first-order chi connectivity index (χ1) is 11.7. The third kappa shape index (κ3) is 6.16. The Labute approximate surface area is 150 Å². The summed E-state index contributed by atoms with van der Waals surface area (Å²) in [5.74, 6) is -0.362. The molecule has 3 N–H and O–H groups in total. The molecule has 25 heavy (non-hydrogen) atoms. The molecule has 1 aromatic rings. The lowest BCUT2D eigenvalue weighted by Gasteiger charge is -2.32. The van der Waals surface area contributed by atoms with Gasteiger partial charge in [-0.1, -0.05) is 40.0 Å². The normalized spacial score (nSPS) is 17.0. The molecule has 2 amide bonds. The fourth-order valence-corrected chi connectivity index (χ4v) is 2.95. The van der Waals surface area contributed by atoms with Crippen LogP contribution in [0.2, 0.25) is 0 Å². The highest BCUT2D eigenvalue weighted by Crippen LogP contribution is 2.27. The van der Waals surface area contributed by atoms with Crippen LogP contribution >= 0.6 is 0 Å². The Morgan fingerprint density at radius 3 is 1.92 bits per heavy atom. The van der Waals surface area contributed by atoms with E-state index in [-0.39, 0.29) is 23.8 Å². The molecule has 1 saturated carbocycles. The van der Waals surface area contributed by atoms with E-state index < -0.39 is 5.60 Å². The van der Waals surface area contributed by atoms with Crippen molar-refractivity contribution in [3.8, 4) is 0 Å². The summed E-state index contributed by atoms with van der Waals surface area (Å²) in [6, 6.07) is 6.60. The molecule has 1 aliphatic rings. The Hall–Kier alpha value is -1.88. The summed E-state index contributed by atoms with van der Waals surface area (Å²) in [5.41, 5.74) is 0.272. The van der Waals surface area contributed by atoms with Crippen molar-refractivity contribution < 1.29 is 14.7 Å². The number of carbonyl (C=O) groups excluding carboxylic acids is 2. The van der Waals surface area contributed by atoms with E-state index in [0.29, 0.717) is 17.7 Å². The van der Waals surface area contributed by atoms with Gasteiger partial charge in [0.15, 0.2) is 0 Å². The van der Waals surface area contributed by atoms with Crippen molar-refractivity contribution in [2.24, 2.45) is 5.41 Å². The molecule has 1 aromatic carbocycles. The number of carbonyl (C=O) groups is 2. The second-order valence-corrected chi connectivity index (χ2v) is 8.29. The van der Waals surface area contributed by atoms with Gasteiger partial charge in [-0.25, -0.2) is 0 Å². The predicted octanol–water partition coefficient (Wildman–Crippen LogP) is 2.89. The third-order valence-corrected chi connectivity index (χ3v) is 4.55. The summed E-state index contributed by atoms with van der Waals surface area (Å²) in [5, 5.41) is 16.1. The standard InChI is InChI=1S/C20H30N2O3/c1-19(2,3)13-21-17(23)15-7-9-16(10-8-15)18(24)22-14-20(25)11-5-4-6-12-20/h7-10,25H,4-6,11-14H2,1-3H3,(H,21,23)(H,22,24). The van der Waals surface area contributed by atoms with Gasteiger partial charge in [-0.2, -0.15) is 0 Å². The summed E-state index contributed by atoms with van der Waals surface area (Å²) in [6.07, 6.45) is 4.63. The summed E-state index contributed by atoms with van der Waals surface area (Å²) < 4.78 is 0. The van der Waals surface area contributed by atoms with Crippen molar-refractivity contribution in [1.29, 1.82) is 0 Å². The highest BCUT2D eigenvalue weighted by atomic mass is 16.3. The Morgan fingerprint density at radius 1 is 0.960 bits per heavy atom. The summed E-state index contributed by atoms with van der Waals surface area (Å²) >= 11 is 0. The van der Waals surface area contributed by atoms with Crippen molar-refractivity contribution in [3.05, 3.63) is 35.4 Å². The van der Waals surface area contributed by atoms with Crippen LogP contribution in [0.5, 0.6) is 0 Å². The molecule has 0 unspecified atom stereocenters. The second kappa shape index (κ2) is 8.00. The zero-order valence-electron chi connectivity index (χ0n) is 15.5. The van der Waals surface area contributed by atoms with E-state index in [9.17, 15) is 14.7 Å². The topological polar surface area (TPSA) is 78.4 Å². The average Bonchev–Trinajstić information content (AvgIpc) is 2.58. The van der Waals surface area contributed by atoms with E-state index in [1.807, 2.05) is 0 Å². The Kier molecular flexibility index (Phi) is 6.22. The van der Waals surface area contributed by atoms with Crippen LogP contribution in [0.1, 0.15) is 73.6 Å². The van der Waals surface area contributed by atoms with Crippen LogP contribution in [0, 0.1) is 5.41 Å². The number of hydrogen-bond donors (Lipinski definition) is 3. The average molecular weight is 346 g/mol. The molecule has 0 atom stereocenters. The third-order valence-electron chi connectivity index (χ3n) is 4.55. The van der Waals surface area contributed by atoms with Gasteiger partial charge in [-0.15, -0.1) is 0 Å². The zero-order chi connectivity index (χ0) is 18.5. The number of amides is 2. The number of nitrogens with one attached hydrogen (secondary N) is 2. The smallest absolute Gasteiger partial charge is 0.251 e.